The second-order valence-corrected chi connectivity index (χ2v) is 5.60. The van der Waals surface area contributed by atoms with Crippen LogP contribution in [0, 0.1) is 5.82 Å². The van der Waals surface area contributed by atoms with Gasteiger partial charge in [0.2, 0.25) is 0 Å². The number of benzene rings is 2. The summed E-state index contributed by atoms with van der Waals surface area (Å²) in [6, 6.07) is 12.3. The van der Waals surface area contributed by atoms with E-state index in [-0.39, 0.29) is 18.0 Å². The van der Waals surface area contributed by atoms with Gasteiger partial charge in [0.1, 0.15) is 17.7 Å². The highest BCUT2D eigenvalue weighted by molar-refractivity contribution is 9.10. The molecule has 4 heteroatoms. The summed E-state index contributed by atoms with van der Waals surface area (Å²) in [5.74, 6) is 0.392. The lowest BCUT2D eigenvalue weighted by molar-refractivity contribution is 0.161. The molecule has 1 heterocycles. The molecule has 2 atom stereocenters. The summed E-state index contributed by atoms with van der Waals surface area (Å²) in [5.41, 5.74) is 7.93. The fourth-order valence-corrected chi connectivity index (χ4v) is 2.80. The molecule has 0 radical (unpaired) electrons. The average molecular weight is 322 g/mol. The Kier molecular flexibility index (Phi) is 3.29. The van der Waals surface area contributed by atoms with Gasteiger partial charge in [-0.05, 0) is 35.9 Å². The van der Waals surface area contributed by atoms with E-state index >= 15 is 0 Å². The van der Waals surface area contributed by atoms with Crippen molar-refractivity contribution < 1.29 is 9.13 Å². The Hall–Kier alpha value is -1.39. The number of hydrogen-bond acceptors (Lipinski definition) is 2. The van der Waals surface area contributed by atoms with E-state index in [0.717, 1.165) is 15.6 Å². The largest absolute Gasteiger partial charge is 0.485 e. The van der Waals surface area contributed by atoms with Gasteiger partial charge in [0, 0.05) is 22.5 Å². The average Bonchev–Trinajstić information content (AvgIpc) is 2.39. The summed E-state index contributed by atoms with van der Waals surface area (Å²) >= 11 is 3.45. The number of ether oxygens (including phenoxy) is 1. The van der Waals surface area contributed by atoms with Crippen molar-refractivity contribution in [2.75, 3.05) is 0 Å². The van der Waals surface area contributed by atoms with Gasteiger partial charge in [-0.3, -0.25) is 0 Å². The lowest BCUT2D eigenvalue weighted by Gasteiger charge is -2.30. The number of fused-ring (bicyclic) bond motifs is 1. The van der Waals surface area contributed by atoms with Gasteiger partial charge in [-0.2, -0.15) is 0 Å². The quantitative estimate of drug-likeness (QED) is 0.857. The van der Waals surface area contributed by atoms with Gasteiger partial charge in [-0.25, -0.2) is 4.39 Å². The molecule has 0 bridgehead atoms. The fraction of sp³-hybridized carbons (Fsp3) is 0.200. The molecule has 0 aromatic heterocycles. The summed E-state index contributed by atoms with van der Waals surface area (Å²) in [6.07, 6.45) is 0.554. The second-order valence-electron chi connectivity index (χ2n) is 4.69. The van der Waals surface area contributed by atoms with Crippen molar-refractivity contribution in [1.82, 2.24) is 0 Å². The van der Waals surface area contributed by atoms with Gasteiger partial charge in [0.15, 0.2) is 0 Å². The molecule has 0 saturated heterocycles. The predicted octanol–water partition coefficient (Wildman–Crippen LogP) is 4.11. The minimum absolute atomic E-state index is 0.0922. The SMILES string of the molecule is N[C@@H]1CC(c2cccc(Br)c2)Oc2ccc(F)cc21. The molecule has 1 aliphatic rings. The normalized spacial score (nSPS) is 21.6. The Labute approximate surface area is 119 Å². The van der Waals surface area contributed by atoms with Crippen LogP contribution in [0.4, 0.5) is 4.39 Å². The van der Waals surface area contributed by atoms with Gasteiger partial charge >= 0.3 is 0 Å². The smallest absolute Gasteiger partial charge is 0.126 e. The summed E-state index contributed by atoms with van der Waals surface area (Å²) in [6.45, 7) is 0. The molecule has 3 rings (SSSR count). The van der Waals surface area contributed by atoms with Crippen molar-refractivity contribution >= 4 is 15.9 Å². The first-order valence-electron chi connectivity index (χ1n) is 6.10. The van der Waals surface area contributed by atoms with Gasteiger partial charge in [0.25, 0.3) is 0 Å². The molecule has 0 amide bonds. The van der Waals surface area contributed by atoms with Crippen LogP contribution in [0.2, 0.25) is 0 Å². The molecule has 0 saturated carbocycles. The first-order valence-corrected chi connectivity index (χ1v) is 6.90. The fourth-order valence-electron chi connectivity index (χ4n) is 2.39. The highest BCUT2D eigenvalue weighted by Gasteiger charge is 2.27. The molecule has 1 aliphatic heterocycles. The summed E-state index contributed by atoms with van der Waals surface area (Å²) in [5, 5.41) is 0. The molecule has 98 valence electrons. The molecule has 2 aromatic rings. The van der Waals surface area contributed by atoms with E-state index < -0.39 is 0 Å². The molecule has 2 aromatic carbocycles. The van der Waals surface area contributed by atoms with Gasteiger partial charge in [-0.1, -0.05) is 28.1 Å². The third-order valence-electron chi connectivity index (χ3n) is 3.33. The molecule has 2 N–H and O–H groups in total. The van der Waals surface area contributed by atoms with Crippen molar-refractivity contribution in [3.05, 3.63) is 63.9 Å². The molecule has 1 unspecified atom stereocenters. The maximum atomic E-state index is 13.2. The molecule has 0 spiro atoms. The van der Waals surface area contributed by atoms with Gasteiger partial charge in [-0.15, -0.1) is 0 Å². The predicted molar refractivity (Wildman–Crippen MR) is 75.5 cm³/mol. The number of rotatable bonds is 1. The lowest BCUT2D eigenvalue weighted by atomic mass is 9.93. The zero-order chi connectivity index (χ0) is 13.4. The summed E-state index contributed by atoms with van der Waals surface area (Å²) in [4.78, 5) is 0. The highest BCUT2D eigenvalue weighted by Crippen LogP contribution is 2.40. The van der Waals surface area contributed by atoms with Crippen LogP contribution in [-0.4, -0.2) is 0 Å². The van der Waals surface area contributed by atoms with E-state index in [1.54, 1.807) is 6.07 Å². The third kappa shape index (κ3) is 2.51. The van der Waals surface area contributed by atoms with E-state index in [1.807, 2.05) is 24.3 Å². The van der Waals surface area contributed by atoms with E-state index in [2.05, 4.69) is 15.9 Å². The third-order valence-corrected chi connectivity index (χ3v) is 3.82. The highest BCUT2D eigenvalue weighted by atomic mass is 79.9. The second kappa shape index (κ2) is 4.94. The summed E-state index contributed by atoms with van der Waals surface area (Å²) in [7, 11) is 0. The lowest BCUT2D eigenvalue weighted by Crippen LogP contribution is -2.24. The van der Waals surface area contributed by atoms with Crippen LogP contribution in [0.3, 0.4) is 0 Å². The molecular weight excluding hydrogens is 309 g/mol. The molecule has 2 nitrogen and oxygen atoms in total. The monoisotopic (exact) mass is 321 g/mol. The van der Waals surface area contributed by atoms with E-state index in [0.29, 0.717) is 12.2 Å². The maximum Gasteiger partial charge on any atom is 0.126 e. The Bertz CT molecular complexity index is 617. The van der Waals surface area contributed by atoms with E-state index in [1.165, 1.54) is 12.1 Å². The van der Waals surface area contributed by atoms with Gasteiger partial charge < -0.3 is 10.5 Å². The maximum absolute atomic E-state index is 13.2. The first-order chi connectivity index (χ1) is 9.13. The van der Waals surface area contributed by atoms with Crippen LogP contribution in [0.1, 0.15) is 29.7 Å². The van der Waals surface area contributed by atoms with E-state index in [4.69, 9.17) is 10.5 Å². The zero-order valence-electron chi connectivity index (χ0n) is 10.1. The van der Waals surface area contributed by atoms with Crippen molar-refractivity contribution in [2.24, 2.45) is 5.73 Å². The Morgan fingerprint density at radius 3 is 2.84 bits per heavy atom. The van der Waals surface area contributed by atoms with Crippen LogP contribution in [0.15, 0.2) is 46.9 Å². The number of halogens is 2. The van der Waals surface area contributed by atoms with Crippen molar-refractivity contribution in [1.29, 1.82) is 0 Å². The topological polar surface area (TPSA) is 35.2 Å². The van der Waals surface area contributed by atoms with E-state index in [9.17, 15) is 4.39 Å². The minimum Gasteiger partial charge on any atom is -0.485 e. The number of hydrogen-bond donors (Lipinski definition) is 1. The molecular formula is C15H13BrFNO. The minimum atomic E-state index is -0.279. The van der Waals surface area contributed by atoms with Crippen LogP contribution < -0.4 is 10.5 Å². The molecule has 19 heavy (non-hydrogen) atoms. The van der Waals surface area contributed by atoms with Crippen molar-refractivity contribution in [3.63, 3.8) is 0 Å². The van der Waals surface area contributed by atoms with Gasteiger partial charge in [0.05, 0.1) is 0 Å². The Morgan fingerprint density at radius 1 is 1.21 bits per heavy atom. The molecule has 0 fully saturated rings. The van der Waals surface area contributed by atoms with Crippen LogP contribution in [-0.2, 0) is 0 Å². The van der Waals surface area contributed by atoms with Crippen LogP contribution >= 0.6 is 15.9 Å². The van der Waals surface area contributed by atoms with Crippen molar-refractivity contribution in [3.8, 4) is 5.75 Å². The summed E-state index contributed by atoms with van der Waals surface area (Å²) < 4.78 is 20.2. The van der Waals surface area contributed by atoms with Crippen LogP contribution in [0.5, 0.6) is 5.75 Å². The zero-order valence-corrected chi connectivity index (χ0v) is 11.7. The van der Waals surface area contributed by atoms with Crippen LogP contribution in [0.25, 0.3) is 0 Å². The standard InChI is InChI=1S/C15H13BrFNO/c16-10-3-1-2-9(6-10)15-8-13(18)12-7-11(17)4-5-14(12)19-15/h1-7,13,15H,8,18H2/t13-,15?/m1/s1. The molecule has 0 aliphatic carbocycles. The van der Waals surface area contributed by atoms with Crippen molar-refractivity contribution in [2.45, 2.75) is 18.6 Å². The first kappa shape index (κ1) is 12.6. The number of nitrogens with two attached hydrogens (primary N) is 1. The Morgan fingerprint density at radius 2 is 2.05 bits per heavy atom. The Balaban J connectivity index is 1.95.